The molecular formula is C16H22N2O. The van der Waals surface area contributed by atoms with Gasteiger partial charge < -0.3 is 9.32 Å². The summed E-state index contributed by atoms with van der Waals surface area (Å²) in [6.07, 6.45) is 4.79. The van der Waals surface area contributed by atoms with Crippen molar-refractivity contribution in [3.8, 4) is 0 Å². The maximum Gasteiger partial charge on any atom is 0.195 e. The van der Waals surface area contributed by atoms with E-state index in [9.17, 15) is 0 Å². The molecule has 102 valence electrons. The topological polar surface area (TPSA) is 29.3 Å². The minimum Gasteiger partial charge on any atom is -0.441 e. The van der Waals surface area contributed by atoms with Crippen molar-refractivity contribution in [3.63, 3.8) is 0 Å². The smallest absolute Gasteiger partial charge is 0.195 e. The molecule has 0 atom stereocenters. The summed E-state index contributed by atoms with van der Waals surface area (Å²) < 4.78 is 5.74. The van der Waals surface area contributed by atoms with Crippen molar-refractivity contribution in [2.45, 2.75) is 32.6 Å². The molecule has 19 heavy (non-hydrogen) atoms. The summed E-state index contributed by atoms with van der Waals surface area (Å²) in [7, 11) is 0. The molecule has 1 saturated heterocycles. The van der Waals surface area contributed by atoms with E-state index in [1.165, 1.54) is 32.5 Å². The van der Waals surface area contributed by atoms with Gasteiger partial charge in [-0.25, -0.2) is 4.98 Å². The number of oxazole rings is 1. The van der Waals surface area contributed by atoms with Crippen molar-refractivity contribution >= 4 is 11.1 Å². The molecule has 0 unspecified atom stereocenters. The van der Waals surface area contributed by atoms with Gasteiger partial charge in [0.2, 0.25) is 0 Å². The molecule has 0 aliphatic carbocycles. The van der Waals surface area contributed by atoms with Crippen molar-refractivity contribution in [3.05, 3.63) is 30.2 Å². The van der Waals surface area contributed by atoms with E-state index < -0.39 is 0 Å². The van der Waals surface area contributed by atoms with Crippen LogP contribution in [0.25, 0.3) is 11.1 Å². The Hall–Kier alpha value is -1.35. The van der Waals surface area contributed by atoms with Crippen LogP contribution in [-0.4, -0.2) is 29.5 Å². The molecule has 1 aliphatic heterocycles. The van der Waals surface area contributed by atoms with E-state index in [1.807, 2.05) is 24.3 Å². The van der Waals surface area contributed by atoms with Crippen LogP contribution in [0.4, 0.5) is 0 Å². The second kappa shape index (κ2) is 5.74. The molecule has 0 amide bonds. The van der Waals surface area contributed by atoms with Crippen molar-refractivity contribution in [2.24, 2.45) is 5.92 Å². The van der Waals surface area contributed by atoms with Crippen LogP contribution in [0.5, 0.6) is 0 Å². The predicted octanol–water partition coefficient (Wildman–Crippen LogP) is 3.49. The van der Waals surface area contributed by atoms with Crippen LogP contribution in [0.15, 0.2) is 28.7 Å². The van der Waals surface area contributed by atoms with Crippen LogP contribution in [0.2, 0.25) is 0 Å². The van der Waals surface area contributed by atoms with Crippen molar-refractivity contribution in [2.75, 3.05) is 19.6 Å². The van der Waals surface area contributed by atoms with Crippen molar-refractivity contribution in [1.82, 2.24) is 9.88 Å². The third-order valence-corrected chi connectivity index (χ3v) is 4.08. The summed E-state index contributed by atoms with van der Waals surface area (Å²) in [5.74, 6) is 1.79. The first-order valence-electron chi connectivity index (χ1n) is 7.38. The first-order chi connectivity index (χ1) is 9.31. The Morgan fingerprint density at radius 3 is 2.84 bits per heavy atom. The molecule has 0 N–H and O–H groups in total. The fourth-order valence-electron chi connectivity index (χ4n) is 2.77. The Bertz CT molecular complexity index is 493. The Morgan fingerprint density at radius 1 is 1.26 bits per heavy atom. The van der Waals surface area contributed by atoms with Gasteiger partial charge >= 0.3 is 0 Å². The molecule has 3 nitrogen and oxygen atoms in total. The predicted molar refractivity (Wildman–Crippen MR) is 77.2 cm³/mol. The lowest BCUT2D eigenvalue weighted by atomic mass is 9.99. The SMILES string of the molecule is CC1CCN(CCCc2nc3ccccc3o2)CC1. The highest BCUT2D eigenvalue weighted by molar-refractivity contribution is 5.72. The van der Waals surface area contributed by atoms with E-state index in [4.69, 9.17) is 4.42 Å². The molecule has 1 aromatic carbocycles. The summed E-state index contributed by atoms with van der Waals surface area (Å²) in [5.41, 5.74) is 1.88. The van der Waals surface area contributed by atoms with Gasteiger partial charge in [-0.3, -0.25) is 0 Å². The van der Waals surface area contributed by atoms with Gasteiger partial charge in [0.1, 0.15) is 5.52 Å². The van der Waals surface area contributed by atoms with E-state index >= 15 is 0 Å². The number of aromatic nitrogens is 1. The van der Waals surface area contributed by atoms with Crippen molar-refractivity contribution in [1.29, 1.82) is 0 Å². The highest BCUT2D eigenvalue weighted by Gasteiger charge is 2.15. The number of likely N-dealkylation sites (tertiary alicyclic amines) is 1. The number of fused-ring (bicyclic) bond motifs is 1. The largest absolute Gasteiger partial charge is 0.441 e. The zero-order valence-electron chi connectivity index (χ0n) is 11.6. The summed E-state index contributed by atoms with van der Waals surface area (Å²) >= 11 is 0. The molecule has 3 heteroatoms. The Kier molecular flexibility index (Phi) is 3.83. The van der Waals surface area contributed by atoms with Gasteiger partial charge in [-0.15, -0.1) is 0 Å². The Morgan fingerprint density at radius 2 is 2.05 bits per heavy atom. The fraction of sp³-hybridized carbons (Fsp3) is 0.562. The average Bonchev–Trinajstić information content (AvgIpc) is 2.83. The van der Waals surface area contributed by atoms with Gasteiger partial charge in [-0.1, -0.05) is 19.1 Å². The number of nitrogens with zero attached hydrogens (tertiary/aromatic N) is 2. The number of piperidine rings is 1. The number of aryl methyl sites for hydroxylation is 1. The summed E-state index contributed by atoms with van der Waals surface area (Å²) in [6, 6.07) is 7.99. The average molecular weight is 258 g/mol. The lowest BCUT2D eigenvalue weighted by molar-refractivity contribution is 0.190. The van der Waals surface area contributed by atoms with Crippen LogP contribution in [-0.2, 0) is 6.42 Å². The zero-order chi connectivity index (χ0) is 13.1. The maximum atomic E-state index is 5.74. The number of hydrogen-bond acceptors (Lipinski definition) is 3. The van der Waals surface area contributed by atoms with Crippen LogP contribution < -0.4 is 0 Å². The van der Waals surface area contributed by atoms with Crippen LogP contribution in [0.3, 0.4) is 0 Å². The first-order valence-corrected chi connectivity index (χ1v) is 7.38. The van der Waals surface area contributed by atoms with Gasteiger partial charge in [0, 0.05) is 6.42 Å². The minimum absolute atomic E-state index is 0.881. The fourth-order valence-corrected chi connectivity index (χ4v) is 2.77. The highest BCUT2D eigenvalue weighted by Crippen LogP contribution is 2.18. The molecule has 3 rings (SSSR count). The number of hydrogen-bond donors (Lipinski definition) is 0. The first kappa shape index (κ1) is 12.7. The molecular weight excluding hydrogens is 236 g/mol. The van der Waals surface area contributed by atoms with Gasteiger partial charge in [0.05, 0.1) is 0 Å². The molecule has 0 bridgehead atoms. The third-order valence-electron chi connectivity index (χ3n) is 4.08. The zero-order valence-corrected chi connectivity index (χ0v) is 11.6. The molecule has 1 aromatic heterocycles. The molecule has 0 spiro atoms. The second-order valence-corrected chi connectivity index (χ2v) is 5.70. The highest BCUT2D eigenvalue weighted by atomic mass is 16.3. The summed E-state index contributed by atoms with van der Waals surface area (Å²) in [4.78, 5) is 7.09. The number of para-hydroxylation sites is 2. The summed E-state index contributed by atoms with van der Waals surface area (Å²) in [5, 5.41) is 0. The van der Waals surface area contributed by atoms with Crippen LogP contribution in [0.1, 0.15) is 32.1 Å². The molecule has 0 saturated carbocycles. The Labute approximate surface area is 114 Å². The Balaban J connectivity index is 1.49. The second-order valence-electron chi connectivity index (χ2n) is 5.70. The minimum atomic E-state index is 0.881. The maximum absolute atomic E-state index is 5.74. The molecule has 1 aliphatic rings. The monoisotopic (exact) mass is 258 g/mol. The number of rotatable bonds is 4. The number of benzene rings is 1. The summed E-state index contributed by atoms with van der Waals surface area (Å²) in [6.45, 7) is 6.05. The van der Waals surface area contributed by atoms with E-state index in [2.05, 4.69) is 16.8 Å². The lowest BCUT2D eigenvalue weighted by Crippen LogP contribution is -2.33. The molecule has 1 fully saturated rings. The van der Waals surface area contributed by atoms with E-state index in [-0.39, 0.29) is 0 Å². The molecule has 2 heterocycles. The van der Waals surface area contributed by atoms with Gasteiger partial charge in [0.15, 0.2) is 11.5 Å². The molecule has 0 radical (unpaired) electrons. The quantitative estimate of drug-likeness (QED) is 0.840. The van der Waals surface area contributed by atoms with Crippen LogP contribution >= 0.6 is 0 Å². The van der Waals surface area contributed by atoms with Gasteiger partial charge in [-0.05, 0) is 56.9 Å². The molecule has 2 aromatic rings. The van der Waals surface area contributed by atoms with E-state index in [1.54, 1.807) is 0 Å². The van der Waals surface area contributed by atoms with E-state index in [0.29, 0.717) is 0 Å². The van der Waals surface area contributed by atoms with Gasteiger partial charge in [0.25, 0.3) is 0 Å². The van der Waals surface area contributed by atoms with E-state index in [0.717, 1.165) is 35.7 Å². The van der Waals surface area contributed by atoms with Crippen molar-refractivity contribution < 1.29 is 4.42 Å². The standard InChI is InChI=1S/C16H22N2O/c1-13-8-11-18(12-9-13)10-4-7-16-17-14-5-2-3-6-15(14)19-16/h2-3,5-6,13H,4,7-12H2,1H3. The normalized spacial score (nSPS) is 18.2. The van der Waals surface area contributed by atoms with Crippen LogP contribution in [0, 0.1) is 5.92 Å². The lowest BCUT2D eigenvalue weighted by Gasteiger charge is -2.29. The van der Waals surface area contributed by atoms with Gasteiger partial charge in [-0.2, -0.15) is 0 Å². The third kappa shape index (κ3) is 3.16.